The number of hydrogen-bond donors (Lipinski definition) is 2. The molecule has 5 nitrogen and oxygen atoms in total. The lowest BCUT2D eigenvalue weighted by molar-refractivity contribution is -0.885. The quantitative estimate of drug-likeness (QED) is 0.854. The Morgan fingerprint density at radius 3 is 2.72 bits per heavy atom. The number of hydrogen-bond acceptors (Lipinski definition) is 2. The van der Waals surface area contributed by atoms with E-state index in [0.717, 1.165) is 16.2 Å². The van der Waals surface area contributed by atoms with Crippen LogP contribution >= 0.6 is 23.2 Å². The summed E-state index contributed by atoms with van der Waals surface area (Å²) in [6, 6.07) is 12.8. The second-order valence-electron chi connectivity index (χ2n) is 6.10. The van der Waals surface area contributed by atoms with Gasteiger partial charge in [0.1, 0.15) is 13.1 Å². The molecule has 1 aliphatic rings. The Hall–Kier alpha value is -2.08. The van der Waals surface area contributed by atoms with Gasteiger partial charge in [-0.15, -0.1) is 0 Å². The van der Waals surface area contributed by atoms with Gasteiger partial charge in [0.2, 0.25) is 5.91 Å². The van der Waals surface area contributed by atoms with Crippen molar-refractivity contribution in [2.24, 2.45) is 0 Å². The minimum atomic E-state index is -0.186. The largest absolute Gasteiger partial charge is 0.326 e. The van der Waals surface area contributed by atoms with Gasteiger partial charge in [0, 0.05) is 5.56 Å². The van der Waals surface area contributed by atoms with Crippen LogP contribution in [-0.2, 0) is 16.1 Å². The Labute approximate surface area is 156 Å². The first-order valence-electron chi connectivity index (χ1n) is 7.88. The van der Waals surface area contributed by atoms with E-state index >= 15 is 0 Å². The number of nitrogens with one attached hydrogen (secondary N) is 2. The first-order chi connectivity index (χ1) is 11.9. The van der Waals surface area contributed by atoms with E-state index in [1.807, 2.05) is 37.4 Å². The molecule has 0 radical (unpaired) electrons. The fourth-order valence-corrected chi connectivity index (χ4v) is 3.19. The van der Waals surface area contributed by atoms with Gasteiger partial charge in [0.15, 0.2) is 6.54 Å². The van der Waals surface area contributed by atoms with E-state index in [2.05, 4.69) is 5.32 Å². The van der Waals surface area contributed by atoms with Crippen LogP contribution < -0.4 is 15.1 Å². The highest BCUT2D eigenvalue weighted by Crippen LogP contribution is 2.28. The molecule has 0 saturated carbocycles. The summed E-state index contributed by atoms with van der Waals surface area (Å²) in [5.74, 6) is -0.283. The summed E-state index contributed by atoms with van der Waals surface area (Å²) in [6.07, 6.45) is 0. The van der Waals surface area contributed by atoms with Crippen molar-refractivity contribution in [2.45, 2.75) is 6.54 Å². The molecule has 2 aromatic carbocycles. The minimum Gasteiger partial charge on any atom is -0.326 e. The summed E-state index contributed by atoms with van der Waals surface area (Å²) in [7, 11) is 1.93. The molecule has 0 aliphatic carbocycles. The summed E-state index contributed by atoms with van der Waals surface area (Å²) in [5, 5.41) is 3.79. The summed E-state index contributed by atoms with van der Waals surface area (Å²) in [5.41, 5.74) is 2.39. The number of anilines is 2. The van der Waals surface area contributed by atoms with Crippen LogP contribution in [0.25, 0.3) is 0 Å². The number of nitrogens with zero attached hydrogens (tertiary/aromatic N) is 1. The average molecular weight is 379 g/mol. The Kier molecular flexibility index (Phi) is 5.27. The third-order valence-corrected chi connectivity index (χ3v) is 4.75. The second-order valence-corrected chi connectivity index (χ2v) is 6.92. The molecule has 1 heterocycles. The van der Waals surface area contributed by atoms with Crippen molar-refractivity contribution < 1.29 is 14.5 Å². The molecule has 2 N–H and O–H groups in total. The molecular weight excluding hydrogens is 361 g/mol. The van der Waals surface area contributed by atoms with Crippen molar-refractivity contribution in [1.82, 2.24) is 0 Å². The zero-order chi connectivity index (χ0) is 18.0. The van der Waals surface area contributed by atoms with Crippen LogP contribution in [0.2, 0.25) is 10.0 Å². The van der Waals surface area contributed by atoms with Crippen molar-refractivity contribution in [3.8, 4) is 0 Å². The summed E-state index contributed by atoms with van der Waals surface area (Å²) in [4.78, 5) is 27.1. The van der Waals surface area contributed by atoms with Crippen LogP contribution in [0.5, 0.6) is 0 Å². The van der Waals surface area contributed by atoms with Gasteiger partial charge in [-0.1, -0.05) is 41.4 Å². The Balaban J connectivity index is 1.69. The molecular formula is C18H18Cl2N3O2+. The van der Waals surface area contributed by atoms with Crippen molar-refractivity contribution in [2.75, 3.05) is 30.4 Å². The SMILES string of the molecule is C[NH+](CC(=O)N1CC(=O)Nc2ccccc21)Cc1ccc(Cl)c(Cl)c1. The topological polar surface area (TPSA) is 53.9 Å². The third kappa shape index (κ3) is 4.12. The van der Waals surface area contributed by atoms with Crippen molar-refractivity contribution in [1.29, 1.82) is 0 Å². The number of rotatable bonds is 4. The standard InChI is InChI=1S/C18H17Cl2N3O2/c1-22(9-12-6-7-13(19)14(20)8-12)11-18(25)23-10-17(24)21-15-4-2-3-5-16(15)23/h2-8H,9-11H2,1H3,(H,21,24)/p+1. The fraction of sp³-hybridized carbons (Fsp3) is 0.222. The van der Waals surface area contributed by atoms with Gasteiger partial charge >= 0.3 is 0 Å². The number of carbonyl (C=O) groups excluding carboxylic acids is 2. The van der Waals surface area contributed by atoms with Crippen molar-refractivity contribution in [3.63, 3.8) is 0 Å². The second kappa shape index (κ2) is 7.44. The van der Waals surface area contributed by atoms with Crippen LogP contribution in [0.1, 0.15) is 5.56 Å². The van der Waals surface area contributed by atoms with Crippen LogP contribution in [0.3, 0.4) is 0 Å². The average Bonchev–Trinajstić information content (AvgIpc) is 2.57. The zero-order valence-corrected chi connectivity index (χ0v) is 15.2. The maximum Gasteiger partial charge on any atom is 0.282 e. The zero-order valence-electron chi connectivity index (χ0n) is 13.7. The molecule has 0 spiro atoms. The molecule has 1 aliphatic heterocycles. The minimum absolute atomic E-state index is 0.0376. The number of carbonyl (C=O) groups is 2. The van der Waals surface area contributed by atoms with E-state index in [-0.39, 0.29) is 24.9 Å². The molecule has 1 unspecified atom stereocenters. The highest BCUT2D eigenvalue weighted by molar-refractivity contribution is 6.42. The summed E-state index contributed by atoms with van der Waals surface area (Å²) >= 11 is 12.0. The van der Waals surface area contributed by atoms with Gasteiger partial charge in [-0.2, -0.15) is 0 Å². The Morgan fingerprint density at radius 2 is 1.96 bits per heavy atom. The van der Waals surface area contributed by atoms with E-state index in [9.17, 15) is 9.59 Å². The lowest BCUT2D eigenvalue weighted by Gasteiger charge is -2.29. The molecule has 130 valence electrons. The van der Waals surface area contributed by atoms with E-state index in [4.69, 9.17) is 23.2 Å². The highest BCUT2D eigenvalue weighted by Gasteiger charge is 2.28. The lowest BCUT2D eigenvalue weighted by atomic mass is 10.2. The van der Waals surface area contributed by atoms with Crippen molar-refractivity contribution >= 4 is 46.4 Å². The fourth-order valence-electron chi connectivity index (χ4n) is 2.87. The highest BCUT2D eigenvalue weighted by atomic mass is 35.5. The van der Waals surface area contributed by atoms with Gasteiger partial charge in [-0.3, -0.25) is 14.5 Å². The normalized spacial score (nSPS) is 14.7. The molecule has 0 aromatic heterocycles. The molecule has 2 amide bonds. The van der Waals surface area contributed by atoms with Crippen LogP contribution in [-0.4, -0.2) is 32.0 Å². The van der Waals surface area contributed by atoms with E-state index in [0.29, 0.717) is 22.3 Å². The first-order valence-corrected chi connectivity index (χ1v) is 8.64. The number of fused-ring (bicyclic) bond motifs is 1. The maximum atomic E-state index is 12.7. The van der Waals surface area contributed by atoms with E-state index in [1.165, 1.54) is 4.90 Å². The maximum absolute atomic E-state index is 12.7. The third-order valence-electron chi connectivity index (χ3n) is 4.01. The number of para-hydroxylation sites is 2. The molecule has 0 fully saturated rings. The number of benzene rings is 2. The first kappa shape index (κ1) is 17.7. The molecule has 25 heavy (non-hydrogen) atoms. The Morgan fingerprint density at radius 1 is 1.20 bits per heavy atom. The summed E-state index contributed by atoms with van der Waals surface area (Å²) < 4.78 is 0. The summed E-state index contributed by atoms with van der Waals surface area (Å²) in [6.45, 7) is 0.933. The lowest BCUT2D eigenvalue weighted by Crippen LogP contribution is -3.09. The van der Waals surface area contributed by atoms with Gasteiger partial charge < -0.3 is 10.2 Å². The smallest absolute Gasteiger partial charge is 0.282 e. The van der Waals surface area contributed by atoms with E-state index < -0.39 is 0 Å². The molecule has 0 saturated heterocycles. The molecule has 1 atom stereocenters. The van der Waals surface area contributed by atoms with Crippen LogP contribution in [0.15, 0.2) is 42.5 Å². The molecule has 0 bridgehead atoms. The number of halogens is 2. The van der Waals surface area contributed by atoms with Crippen LogP contribution in [0.4, 0.5) is 11.4 Å². The molecule has 2 aromatic rings. The van der Waals surface area contributed by atoms with Crippen molar-refractivity contribution in [3.05, 3.63) is 58.1 Å². The number of likely N-dealkylation sites (N-methyl/N-ethyl adjacent to an activating group) is 1. The predicted octanol–water partition coefficient (Wildman–Crippen LogP) is 1.99. The van der Waals surface area contributed by atoms with E-state index in [1.54, 1.807) is 12.1 Å². The monoisotopic (exact) mass is 378 g/mol. The molecule has 7 heteroatoms. The van der Waals surface area contributed by atoms with Crippen LogP contribution in [0, 0.1) is 0 Å². The predicted molar refractivity (Wildman–Crippen MR) is 99.3 cm³/mol. The van der Waals surface area contributed by atoms with Gasteiger partial charge in [-0.25, -0.2) is 0 Å². The van der Waals surface area contributed by atoms with Gasteiger partial charge in [0.25, 0.3) is 5.91 Å². The Bertz CT molecular complexity index is 826. The van der Waals surface area contributed by atoms with Gasteiger partial charge in [0.05, 0.1) is 28.5 Å². The molecule has 3 rings (SSSR count). The van der Waals surface area contributed by atoms with Gasteiger partial charge in [-0.05, 0) is 24.3 Å². The number of quaternary nitrogens is 1. The number of amides is 2.